The maximum atomic E-state index is 13.5. The van der Waals surface area contributed by atoms with Gasteiger partial charge >= 0.3 is 11.7 Å². The lowest BCUT2D eigenvalue weighted by molar-refractivity contribution is -0.385. The van der Waals surface area contributed by atoms with Gasteiger partial charge in [0, 0.05) is 6.07 Å². The molecule has 0 fully saturated rings. The van der Waals surface area contributed by atoms with Gasteiger partial charge in [0.25, 0.3) is 0 Å². The molecule has 0 radical (unpaired) electrons. The van der Waals surface area contributed by atoms with E-state index in [0.29, 0.717) is 6.07 Å². The molecule has 0 unspecified atom stereocenters. The molecule has 0 aromatic heterocycles. The number of nitro benzene ring substituents is 1. The molecule has 0 aliphatic rings. The van der Waals surface area contributed by atoms with Crippen LogP contribution in [0.3, 0.4) is 0 Å². The zero-order valence-electron chi connectivity index (χ0n) is 9.64. The monoisotopic (exact) mass is 258 g/mol. The fraction of sp³-hybridized carbons (Fsp3) is 0.300. The van der Waals surface area contributed by atoms with Gasteiger partial charge in [-0.1, -0.05) is 0 Å². The van der Waals surface area contributed by atoms with Crippen LogP contribution in [-0.2, 0) is 4.79 Å². The van der Waals surface area contributed by atoms with E-state index in [-0.39, 0.29) is 11.4 Å². The van der Waals surface area contributed by atoms with Crippen molar-refractivity contribution in [1.82, 2.24) is 0 Å². The van der Waals surface area contributed by atoms with Crippen LogP contribution in [0.1, 0.15) is 6.92 Å². The Morgan fingerprint density at radius 3 is 2.67 bits per heavy atom. The number of methoxy groups -OCH3 is 1. The number of rotatable bonds is 5. The van der Waals surface area contributed by atoms with Gasteiger partial charge in [-0.2, -0.15) is 0 Å². The fourth-order valence-electron chi connectivity index (χ4n) is 1.25. The van der Waals surface area contributed by atoms with Gasteiger partial charge in [-0.25, -0.2) is 4.39 Å². The predicted octanol–water partition coefficient (Wildman–Crippen LogP) is 1.63. The molecule has 0 heterocycles. The number of hydrogen-bond donors (Lipinski definition) is 2. The highest BCUT2D eigenvalue weighted by molar-refractivity contribution is 5.77. The summed E-state index contributed by atoms with van der Waals surface area (Å²) in [5, 5.41) is 21.7. The molecule has 1 rings (SSSR count). The molecule has 98 valence electrons. The number of halogens is 1. The van der Waals surface area contributed by atoms with Crippen molar-refractivity contribution in [3.05, 3.63) is 28.1 Å². The van der Waals surface area contributed by atoms with Crippen molar-refractivity contribution in [3.63, 3.8) is 0 Å². The van der Waals surface area contributed by atoms with Gasteiger partial charge < -0.3 is 15.2 Å². The number of carbonyl (C=O) groups is 1. The molecule has 0 bridgehead atoms. The number of anilines is 1. The minimum Gasteiger partial charge on any atom is -0.490 e. The standard InChI is InChI=1S/C10H11FN2O5/c1-5(10(14)15)12-7-4-9(18-2)8(13(16)17)3-6(7)11/h3-5,12H,1-2H3,(H,14,15)/t5-/m1/s1. The van der Waals surface area contributed by atoms with Crippen LogP contribution in [0.5, 0.6) is 5.75 Å². The summed E-state index contributed by atoms with van der Waals surface area (Å²) < 4.78 is 18.3. The van der Waals surface area contributed by atoms with E-state index in [1.807, 2.05) is 0 Å². The molecular formula is C10H11FN2O5. The van der Waals surface area contributed by atoms with Crippen LogP contribution in [0, 0.1) is 15.9 Å². The summed E-state index contributed by atoms with van der Waals surface area (Å²) in [5.74, 6) is -2.25. The Hall–Kier alpha value is -2.38. The van der Waals surface area contributed by atoms with Gasteiger partial charge in [0.1, 0.15) is 6.04 Å². The summed E-state index contributed by atoms with van der Waals surface area (Å²) in [6.45, 7) is 1.32. The summed E-state index contributed by atoms with van der Waals surface area (Å²) in [6, 6.07) is 0.688. The first kappa shape index (κ1) is 13.7. The molecule has 0 aliphatic heterocycles. The second-order valence-electron chi connectivity index (χ2n) is 3.47. The van der Waals surface area contributed by atoms with Crippen LogP contribution in [0.15, 0.2) is 12.1 Å². The predicted molar refractivity (Wildman–Crippen MR) is 60.3 cm³/mol. The molecule has 0 saturated carbocycles. The second kappa shape index (κ2) is 5.30. The highest BCUT2D eigenvalue weighted by atomic mass is 19.1. The van der Waals surface area contributed by atoms with Crippen LogP contribution in [-0.4, -0.2) is 29.2 Å². The number of carboxylic acids is 1. The average molecular weight is 258 g/mol. The molecule has 8 heteroatoms. The van der Waals surface area contributed by atoms with Gasteiger partial charge in [-0.05, 0) is 6.92 Å². The number of ether oxygens (including phenoxy) is 1. The van der Waals surface area contributed by atoms with Crippen molar-refractivity contribution in [2.24, 2.45) is 0 Å². The minimum atomic E-state index is -1.17. The summed E-state index contributed by atoms with van der Waals surface area (Å²) in [6.07, 6.45) is 0. The lowest BCUT2D eigenvalue weighted by Gasteiger charge is -2.12. The molecule has 0 amide bonds. The lowest BCUT2D eigenvalue weighted by Crippen LogP contribution is -2.25. The van der Waals surface area contributed by atoms with E-state index in [4.69, 9.17) is 9.84 Å². The second-order valence-corrected chi connectivity index (χ2v) is 3.47. The summed E-state index contributed by atoms with van der Waals surface area (Å²) in [5.41, 5.74) is -0.698. The Bertz CT molecular complexity index is 491. The topological polar surface area (TPSA) is 102 Å². The van der Waals surface area contributed by atoms with Crippen molar-refractivity contribution in [1.29, 1.82) is 0 Å². The Labute approximate surface area is 101 Å². The lowest BCUT2D eigenvalue weighted by atomic mass is 10.2. The van der Waals surface area contributed by atoms with Gasteiger partial charge in [-0.15, -0.1) is 0 Å². The van der Waals surface area contributed by atoms with E-state index in [9.17, 15) is 19.3 Å². The van der Waals surface area contributed by atoms with E-state index in [2.05, 4.69) is 5.32 Å². The third kappa shape index (κ3) is 2.84. The molecule has 7 nitrogen and oxygen atoms in total. The maximum Gasteiger partial charge on any atom is 0.325 e. The van der Waals surface area contributed by atoms with Crippen molar-refractivity contribution in [2.75, 3.05) is 12.4 Å². The number of benzene rings is 1. The molecule has 1 atom stereocenters. The first-order chi connectivity index (χ1) is 8.36. The molecule has 2 N–H and O–H groups in total. The molecule has 1 aromatic carbocycles. The van der Waals surface area contributed by atoms with Gasteiger partial charge in [-0.3, -0.25) is 14.9 Å². The van der Waals surface area contributed by atoms with Crippen LogP contribution in [0.25, 0.3) is 0 Å². The first-order valence-electron chi connectivity index (χ1n) is 4.88. The third-order valence-corrected chi connectivity index (χ3v) is 2.21. The highest BCUT2D eigenvalue weighted by Gasteiger charge is 2.21. The number of nitrogens with zero attached hydrogens (tertiary/aromatic N) is 1. The Morgan fingerprint density at radius 1 is 1.61 bits per heavy atom. The van der Waals surface area contributed by atoms with Crippen LogP contribution in [0.2, 0.25) is 0 Å². The molecule has 18 heavy (non-hydrogen) atoms. The number of hydrogen-bond acceptors (Lipinski definition) is 5. The number of nitrogens with one attached hydrogen (secondary N) is 1. The molecular weight excluding hydrogens is 247 g/mol. The minimum absolute atomic E-state index is 0.151. The third-order valence-electron chi connectivity index (χ3n) is 2.21. The van der Waals surface area contributed by atoms with Crippen LogP contribution in [0.4, 0.5) is 15.8 Å². The number of nitro groups is 1. The van der Waals surface area contributed by atoms with Crippen LogP contribution < -0.4 is 10.1 Å². The Morgan fingerprint density at radius 2 is 2.22 bits per heavy atom. The highest BCUT2D eigenvalue weighted by Crippen LogP contribution is 2.32. The summed E-state index contributed by atoms with van der Waals surface area (Å²) in [7, 11) is 1.20. The molecule has 0 saturated heterocycles. The first-order valence-corrected chi connectivity index (χ1v) is 4.88. The zero-order valence-corrected chi connectivity index (χ0v) is 9.64. The van der Waals surface area contributed by atoms with Crippen molar-refractivity contribution < 1.29 is 24.0 Å². The maximum absolute atomic E-state index is 13.5. The van der Waals surface area contributed by atoms with E-state index in [1.165, 1.54) is 14.0 Å². The van der Waals surface area contributed by atoms with Crippen molar-refractivity contribution in [3.8, 4) is 5.75 Å². The molecule has 0 aliphatic carbocycles. The SMILES string of the molecule is COc1cc(N[C@H](C)C(=O)O)c(F)cc1[N+](=O)[O-]. The molecule has 0 spiro atoms. The number of carboxylic acid groups (broad SMARTS) is 1. The van der Waals surface area contributed by atoms with E-state index < -0.39 is 28.4 Å². The molecule has 1 aromatic rings. The van der Waals surface area contributed by atoms with Gasteiger partial charge in [0.2, 0.25) is 0 Å². The Balaban J connectivity index is 3.15. The van der Waals surface area contributed by atoms with E-state index in [0.717, 1.165) is 6.07 Å². The van der Waals surface area contributed by atoms with Crippen molar-refractivity contribution >= 4 is 17.3 Å². The van der Waals surface area contributed by atoms with E-state index in [1.54, 1.807) is 0 Å². The van der Waals surface area contributed by atoms with E-state index >= 15 is 0 Å². The average Bonchev–Trinajstić information content (AvgIpc) is 2.30. The quantitative estimate of drug-likeness (QED) is 0.614. The van der Waals surface area contributed by atoms with Gasteiger partial charge in [0.05, 0.1) is 23.8 Å². The number of aliphatic carboxylic acids is 1. The zero-order chi connectivity index (χ0) is 13.9. The Kier molecular flexibility index (Phi) is 4.03. The summed E-state index contributed by atoms with van der Waals surface area (Å²) >= 11 is 0. The summed E-state index contributed by atoms with van der Waals surface area (Å²) in [4.78, 5) is 20.5. The largest absolute Gasteiger partial charge is 0.490 e. The van der Waals surface area contributed by atoms with Crippen molar-refractivity contribution in [2.45, 2.75) is 13.0 Å². The van der Waals surface area contributed by atoms with Gasteiger partial charge in [0.15, 0.2) is 11.6 Å². The fourth-order valence-corrected chi connectivity index (χ4v) is 1.25. The van der Waals surface area contributed by atoms with Crippen LogP contribution >= 0.6 is 0 Å². The normalized spacial score (nSPS) is 11.7. The smallest absolute Gasteiger partial charge is 0.325 e.